The molecule has 13 heteroatoms. The lowest BCUT2D eigenvalue weighted by molar-refractivity contribution is -0.141. The Kier molecular flexibility index (Phi) is 8.06. The normalized spacial score (nSPS) is 22.8. The van der Waals surface area contributed by atoms with Gasteiger partial charge in [0.2, 0.25) is 5.91 Å². The zero-order chi connectivity index (χ0) is 28.8. The fourth-order valence-electron chi connectivity index (χ4n) is 5.55. The molecule has 40 heavy (non-hydrogen) atoms. The van der Waals surface area contributed by atoms with Crippen molar-refractivity contribution in [2.75, 3.05) is 55.8 Å². The van der Waals surface area contributed by atoms with E-state index in [1.54, 1.807) is 48.4 Å². The number of carbonyl (C=O) groups is 2. The molecule has 3 aliphatic rings. The Morgan fingerprint density at radius 1 is 1.07 bits per heavy atom. The second-order valence-corrected chi connectivity index (χ2v) is 12.9. The first kappa shape index (κ1) is 29.1. The van der Waals surface area contributed by atoms with Crippen LogP contribution in [0.4, 0.5) is 23.7 Å². The van der Waals surface area contributed by atoms with E-state index in [9.17, 15) is 22.8 Å². The van der Waals surface area contributed by atoms with E-state index in [0.29, 0.717) is 67.7 Å². The summed E-state index contributed by atoms with van der Waals surface area (Å²) in [5.41, 5.74) is -0.948. The third kappa shape index (κ3) is 6.23. The predicted octanol–water partition coefficient (Wildman–Crippen LogP) is 4.94. The lowest BCUT2D eigenvalue weighted by atomic mass is 10.1. The van der Waals surface area contributed by atoms with Gasteiger partial charge in [0.05, 0.1) is 11.4 Å². The van der Waals surface area contributed by atoms with Crippen LogP contribution in [0.3, 0.4) is 0 Å². The fourth-order valence-corrected chi connectivity index (χ4v) is 6.68. The van der Waals surface area contributed by atoms with Gasteiger partial charge in [0.15, 0.2) is 0 Å². The number of pyridine rings is 1. The number of ether oxygens (including phenoxy) is 1. The minimum absolute atomic E-state index is 0.0585. The first-order valence-corrected chi connectivity index (χ1v) is 14.9. The largest absolute Gasteiger partial charge is 0.444 e. The van der Waals surface area contributed by atoms with E-state index in [4.69, 9.17) is 16.3 Å². The average molecular weight is 600 g/mol. The molecule has 2 atom stereocenters. The molecule has 2 aromatic rings. The van der Waals surface area contributed by atoms with Gasteiger partial charge in [0, 0.05) is 67.2 Å². The third-order valence-corrected chi connectivity index (χ3v) is 8.67. The summed E-state index contributed by atoms with van der Waals surface area (Å²) >= 11 is 7.87. The molecular formula is C27H33ClF3N5O3S. The van der Waals surface area contributed by atoms with Crippen LogP contribution >= 0.6 is 23.4 Å². The van der Waals surface area contributed by atoms with Crippen LogP contribution in [0.15, 0.2) is 24.3 Å². The highest BCUT2D eigenvalue weighted by atomic mass is 35.5. The Bertz CT molecular complexity index is 1280. The van der Waals surface area contributed by atoms with E-state index in [1.165, 1.54) is 12.1 Å². The van der Waals surface area contributed by atoms with E-state index in [2.05, 4.69) is 9.88 Å². The maximum Gasteiger partial charge on any atom is 0.433 e. The van der Waals surface area contributed by atoms with E-state index < -0.39 is 29.6 Å². The van der Waals surface area contributed by atoms with Gasteiger partial charge in [-0.25, -0.2) is 9.78 Å². The van der Waals surface area contributed by atoms with Crippen LogP contribution in [0.5, 0.6) is 0 Å². The van der Waals surface area contributed by atoms with Crippen molar-refractivity contribution >= 4 is 52.0 Å². The van der Waals surface area contributed by atoms with Crippen molar-refractivity contribution in [2.24, 2.45) is 0 Å². The second-order valence-electron chi connectivity index (χ2n) is 11.4. The van der Waals surface area contributed by atoms with Crippen LogP contribution in [-0.4, -0.2) is 100 Å². The van der Waals surface area contributed by atoms with E-state index in [0.717, 1.165) is 11.8 Å². The number of anilines is 1. The predicted molar refractivity (Wildman–Crippen MR) is 150 cm³/mol. The van der Waals surface area contributed by atoms with Crippen LogP contribution in [0.25, 0.3) is 10.9 Å². The van der Waals surface area contributed by atoms with Crippen LogP contribution in [0.1, 0.15) is 32.9 Å². The summed E-state index contributed by atoms with van der Waals surface area (Å²) in [7, 11) is 0. The molecule has 0 aliphatic carbocycles. The zero-order valence-electron chi connectivity index (χ0n) is 22.7. The molecule has 1 aromatic carbocycles. The molecule has 1 aromatic heterocycles. The van der Waals surface area contributed by atoms with Gasteiger partial charge in [-0.05, 0) is 51.5 Å². The lowest BCUT2D eigenvalue weighted by Gasteiger charge is -2.39. The summed E-state index contributed by atoms with van der Waals surface area (Å²) in [6, 6.07) is 5.12. The molecule has 0 unspecified atom stereocenters. The minimum atomic E-state index is -4.57. The summed E-state index contributed by atoms with van der Waals surface area (Å²) < 4.78 is 46.6. The number of amides is 2. The van der Waals surface area contributed by atoms with Gasteiger partial charge in [-0.2, -0.15) is 13.2 Å². The highest BCUT2D eigenvalue weighted by Gasteiger charge is 2.45. The van der Waals surface area contributed by atoms with Gasteiger partial charge >= 0.3 is 12.3 Å². The Balaban J connectivity index is 1.33. The maximum absolute atomic E-state index is 13.6. The summed E-state index contributed by atoms with van der Waals surface area (Å²) in [5.74, 6) is 1.43. The molecule has 4 heterocycles. The van der Waals surface area contributed by atoms with Gasteiger partial charge in [-0.15, -0.1) is 11.8 Å². The standard InChI is InChI=1S/C27H33ClF3N5O3S/c1-26(2,3)39-25(38)36-15-18(13-22(36)24(37)35-10-11-40-16-35)33-6-8-34(9-7-33)21-14-23(27(29,30)31)32-20-5-4-17(28)12-19(20)21/h4-5,12,14,18,22H,6-11,13,15-16H2,1-3H3/t18-,22-/m0/s1. The highest BCUT2D eigenvalue weighted by Crippen LogP contribution is 2.36. The number of hydrogen-bond donors (Lipinski definition) is 0. The SMILES string of the molecule is CC(C)(C)OC(=O)N1C[C@@H](N2CCN(c3cc(C(F)(F)F)nc4ccc(Cl)cc34)CC2)C[C@H]1C(=O)N1CCSC1. The number of rotatable bonds is 3. The molecule has 2 amide bonds. The van der Waals surface area contributed by atoms with Gasteiger partial charge in [0.25, 0.3) is 0 Å². The Morgan fingerprint density at radius 2 is 1.80 bits per heavy atom. The number of fused-ring (bicyclic) bond motifs is 1. The van der Waals surface area contributed by atoms with E-state index in [1.807, 2.05) is 4.90 Å². The Morgan fingerprint density at radius 3 is 2.42 bits per heavy atom. The minimum Gasteiger partial charge on any atom is -0.444 e. The highest BCUT2D eigenvalue weighted by molar-refractivity contribution is 7.99. The van der Waals surface area contributed by atoms with Crippen molar-refractivity contribution in [3.63, 3.8) is 0 Å². The van der Waals surface area contributed by atoms with Crippen molar-refractivity contribution in [3.8, 4) is 0 Å². The number of halogens is 4. The molecular weight excluding hydrogens is 567 g/mol. The molecule has 0 saturated carbocycles. The summed E-state index contributed by atoms with van der Waals surface area (Å²) in [6.07, 6.45) is -4.58. The number of alkyl halides is 3. The van der Waals surface area contributed by atoms with Crippen LogP contribution in [0.2, 0.25) is 5.02 Å². The number of aromatic nitrogens is 1. The van der Waals surface area contributed by atoms with Gasteiger partial charge in [0.1, 0.15) is 17.3 Å². The number of nitrogens with zero attached hydrogens (tertiary/aromatic N) is 5. The number of likely N-dealkylation sites (tertiary alicyclic amines) is 1. The first-order chi connectivity index (χ1) is 18.8. The molecule has 8 nitrogen and oxygen atoms in total. The summed E-state index contributed by atoms with van der Waals surface area (Å²) in [6.45, 7) is 8.51. The van der Waals surface area contributed by atoms with E-state index >= 15 is 0 Å². The molecule has 5 rings (SSSR count). The number of hydrogen-bond acceptors (Lipinski definition) is 7. The third-order valence-electron chi connectivity index (χ3n) is 7.47. The van der Waals surface area contributed by atoms with E-state index in [-0.39, 0.29) is 17.5 Å². The smallest absolute Gasteiger partial charge is 0.433 e. The van der Waals surface area contributed by atoms with Gasteiger partial charge in [-0.1, -0.05) is 11.6 Å². The van der Waals surface area contributed by atoms with Crippen LogP contribution < -0.4 is 4.90 Å². The molecule has 0 radical (unpaired) electrons. The molecule has 0 spiro atoms. The number of carbonyl (C=O) groups excluding carboxylic acids is 2. The molecule has 3 saturated heterocycles. The topological polar surface area (TPSA) is 69.2 Å². The first-order valence-electron chi connectivity index (χ1n) is 13.3. The molecule has 0 bridgehead atoms. The summed E-state index contributed by atoms with van der Waals surface area (Å²) in [5, 5.41) is 0.995. The fraction of sp³-hybridized carbons (Fsp3) is 0.593. The zero-order valence-corrected chi connectivity index (χ0v) is 24.3. The molecule has 3 aliphatic heterocycles. The maximum atomic E-state index is 13.6. The Labute approximate surface area is 240 Å². The van der Waals surface area contributed by atoms with Crippen molar-refractivity contribution < 1.29 is 27.5 Å². The molecule has 3 fully saturated rings. The number of thioether (sulfide) groups is 1. The average Bonchev–Trinajstić information content (AvgIpc) is 3.57. The van der Waals surface area contributed by atoms with Crippen LogP contribution in [-0.2, 0) is 15.7 Å². The molecule has 218 valence electrons. The van der Waals surface area contributed by atoms with Crippen molar-refractivity contribution in [1.29, 1.82) is 0 Å². The lowest BCUT2D eigenvalue weighted by Crippen LogP contribution is -2.51. The molecule has 0 N–H and O–H groups in total. The van der Waals surface area contributed by atoms with Crippen molar-refractivity contribution in [2.45, 2.75) is 51.1 Å². The number of piperazine rings is 1. The monoisotopic (exact) mass is 599 g/mol. The quantitative estimate of drug-likeness (QED) is 0.495. The van der Waals surface area contributed by atoms with Crippen LogP contribution in [0, 0.1) is 0 Å². The Hall–Kier alpha value is -2.44. The number of benzene rings is 1. The van der Waals surface area contributed by atoms with Crippen molar-refractivity contribution in [3.05, 3.63) is 35.0 Å². The second kappa shape index (κ2) is 11.1. The van der Waals surface area contributed by atoms with Gasteiger partial charge in [-0.3, -0.25) is 14.6 Å². The van der Waals surface area contributed by atoms with Gasteiger partial charge < -0.3 is 14.5 Å². The van der Waals surface area contributed by atoms with Crippen molar-refractivity contribution in [1.82, 2.24) is 19.7 Å². The summed E-state index contributed by atoms with van der Waals surface area (Å²) in [4.78, 5) is 37.8.